The molecule has 1 unspecified atom stereocenters. The van der Waals surface area contributed by atoms with Gasteiger partial charge in [-0.3, -0.25) is 0 Å². The second kappa shape index (κ2) is 5.34. The molecule has 18 heavy (non-hydrogen) atoms. The van der Waals surface area contributed by atoms with Gasteiger partial charge in [0.05, 0.1) is 4.90 Å². The Balaban J connectivity index is 2.31. The fourth-order valence-electron chi connectivity index (χ4n) is 2.09. The molecule has 1 aliphatic heterocycles. The van der Waals surface area contributed by atoms with Crippen LogP contribution in [0.5, 0.6) is 0 Å². The number of nitrogens with zero attached hydrogens (tertiary/aromatic N) is 1. The Morgan fingerprint density at radius 3 is 2.67 bits per heavy atom. The van der Waals surface area contributed by atoms with Gasteiger partial charge in [-0.25, -0.2) is 12.8 Å². The zero-order valence-corrected chi connectivity index (χ0v) is 11.1. The van der Waals surface area contributed by atoms with Crippen molar-refractivity contribution in [1.29, 1.82) is 0 Å². The molecule has 0 spiro atoms. The zero-order chi connectivity index (χ0) is 13.2. The second-order valence-corrected chi connectivity index (χ2v) is 6.37. The van der Waals surface area contributed by atoms with Crippen molar-refractivity contribution in [2.24, 2.45) is 0 Å². The largest absolute Gasteiger partial charge is 0.315 e. The molecule has 1 aliphatic rings. The van der Waals surface area contributed by atoms with Crippen LogP contribution in [0.4, 0.5) is 4.39 Å². The highest BCUT2D eigenvalue weighted by atomic mass is 32.2. The summed E-state index contributed by atoms with van der Waals surface area (Å²) in [5.74, 6) is -0.431. The molecule has 6 heteroatoms. The molecule has 0 radical (unpaired) electrons. The van der Waals surface area contributed by atoms with Crippen LogP contribution >= 0.6 is 0 Å². The zero-order valence-electron chi connectivity index (χ0n) is 10.3. The quantitative estimate of drug-likeness (QED) is 0.880. The average Bonchev–Trinajstić information content (AvgIpc) is 2.55. The highest BCUT2D eigenvalue weighted by Crippen LogP contribution is 2.19. The van der Waals surface area contributed by atoms with Gasteiger partial charge in [0.15, 0.2) is 0 Å². The Kier molecular flexibility index (Phi) is 3.99. The molecule has 1 aromatic carbocycles. The van der Waals surface area contributed by atoms with E-state index in [0.29, 0.717) is 13.1 Å². The Morgan fingerprint density at radius 2 is 2.00 bits per heavy atom. The molecule has 2 rings (SSSR count). The Labute approximate surface area is 107 Å². The normalized spacial score (nSPS) is 22.7. The fourth-order valence-corrected chi connectivity index (χ4v) is 3.76. The number of nitrogens with one attached hydrogen (secondary N) is 1. The predicted octanol–water partition coefficient (Wildman–Crippen LogP) is 1.20. The minimum absolute atomic E-state index is 0.0949. The van der Waals surface area contributed by atoms with Crippen LogP contribution in [0.25, 0.3) is 0 Å². The lowest BCUT2D eigenvalue weighted by atomic mass is 10.3. The molecule has 100 valence electrons. The molecular formula is C12H17FN2O2S. The molecule has 0 saturated carbocycles. The van der Waals surface area contributed by atoms with Gasteiger partial charge in [0.1, 0.15) is 5.82 Å². The van der Waals surface area contributed by atoms with E-state index >= 15 is 0 Å². The lowest BCUT2D eigenvalue weighted by Gasteiger charge is -2.25. The van der Waals surface area contributed by atoms with Crippen LogP contribution in [-0.4, -0.2) is 38.4 Å². The van der Waals surface area contributed by atoms with Crippen molar-refractivity contribution in [1.82, 2.24) is 9.62 Å². The number of hydrogen-bond donors (Lipinski definition) is 1. The second-order valence-electron chi connectivity index (χ2n) is 4.48. The van der Waals surface area contributed by atoms with Crippen LogP contribution in [-0.2, 0) is 10.0 Å². The third-order valence-corrected chi connectivity index (χ3v) is 5.11. The van der Waals surface area contributed by atoms with E-state index in [2.05, 4.69) is 5.32 Å². The smallest absolute Gasteiger partial charge is 0.243 e. The first kappa shape index (κ1) is 13.5. The summed E-state index contributed by atoms with van der Waals surface area (Å²) in [5.41, 5.74) is 0. The van der Waals surface area contributed by atoms with Crippen LogP contribution in [0.3, 0.4) is 0 Å². The fraction of sp³-hybridized carbons (Fsp3) is 0.500. The van der Waals surface area contributed by atoms with Gasteiger partial charge in [-0.05, 0) is 44.2 Å². The van der Waals surface area contributed by atoms with Crippen molar-refractivity contribution >= 4 is 10.0 Å². The van der Waals surface area contributed by atoms with Crippen molar-refractivity contribution in [3.8, 4) is 0 Å². The van der Waals surface area contributed by atoms with Gasteiger partial charge >= 0.3 is 0 Å². The van der Waals surface area contributed by atoms with Gasteiger partial charge in [0.25, 0.3) is 0 Å². The van der Waals surface area contributed by atoms with Gasteiger partial charge in [-0.1, -0.05) is 0 Å². The highest BCUT2D eigenvalue weighted by molar-refractivity contribution is 7.89. The number of rotatable bonds is 2. The first-order valence-corrected chi connectivity index (χ1v) is 7.44. The summed E-state index contributed by atoms with van der Waals surface area (Å²) >= 11 is 0. The summed E-state index contributed by atoms with van der Waals surface area (Å²) in [6.07, 6.45) is 0.783. The monoisotopic (exact) mass is 272 g/mol. The summed E-state index contributed by atoms with van der Waals surface area (Å²) in [7, 11) is -3.52. The Bertz CT molecular complexity index is 501. The van der Waals surface area contributed by atoms with E-state index in [1.807, 2.05) is 6.92 Å². The van der Waals surface area contributed by atoms with Crippen LogP contribution in [0, 0.1) is 5.82 Å². The van der Waals surface area contributed by atoms with Gasteiger partial charge in [0.2, 0.25) is 10.0 Å². The Morgan fingerprint density at radius 1 is 1.33 bits per heavy atom. The predicted molar refractivity (Wildman–Crippen MR) is 67.2 cm³/mol. The van der Waals surface area contributed by atoms with Crippen molar-refractivity contribution in [3.05, 3.63) is 30.1 Å². The lowest BCUT2D eigenvalue weighted by molar-refractivity contribution is 0.353. The first-order chi connectivity index (χ1) is 8.51. The lowest BCUT2D eigenvalue weighted by Crippen LogP contribution is -2.41. The van der Waals surface area contributed by atoms with E-state index in [0.717, 1.165) is 13.0 Å². The van der Waals surface area contributed by atoms with Crippen LogP contribution in [0.15, 0.2) is 29.2 Å². The maximum atomic E-state index is 12.8. The van der Waals surface area contributed by atoms with E-state index in [1.54, 1.807) is 0 Å². The standard InChI is InChI=1S/C12H17FN2O2S/c1-10-9-14-7-2-8-15(10)18(16,17)12-5-3-11(13)4-6-12/h3-6,10,14H,2,7-9H2,1H3. The summed E-state index contributed by atoms with van der Waals surface area (Å²) in [6.45, 7) is 3.83. The molecular weight excluding hydrogens is 255 g/mol. The molecule has 1 N–H and O–H groups in total. The number of benzene rings is 1. The van der Waals surface area contributed by atoms with E-state index in [4.69, 9.17) is 0 Å². The highest BCUT2D eigenvalue weighted by Gasteiger charge is 2.29. The third kappa shape index (κ3) is 2.71. The van der Waals surface area contributed by atoms with E-state index in [1.165, 1.54) is 28.6 Å². The summed E-state index contributed by atoms with van der Waals surface area (Å²) in [5, 5.41) is 3.19. The van der Waals surface area contributed by atoms with Crippen molar-refractivity contribution in [3.63, 3.8) is 0 Å². The molecule has 1 saturated heterocycles. The van der Waals surface area contributed by atoms with E-state index < -0.39 is 15.8 Å². The molecule has 0 aliphatic carbocycles. The minimum Gasteiger partial charge on any atom is -0.315 e. The van der Waals surface area contributed by atoms with Crippen molar-refractivity contribution < 1.29 is 12.8 Å². The molecule has 1 heterocycles. The number of sulfonamides is 1. The third-order valence-electron chi connectivity index (χ3n) is 3.08. The topological polar surface area (TPSA) is 49.4 Å². The minimum atomic E-state index is -3.52. The van der Waals surface area contributed by atoms with Crippen LogP contribution in [0.2, 0.25) is 0 Å². The molecule has 1 atom stereocenters. The van der Waals surface area contributed by atoms with E-state index in [-0.39, 0.29) is 10.9 Å². The molecule has 0 bridgehead atoms. The number of halogens is 1. The SMILES string of the molecule is CC1CNCCCN1S(=O)(=O)c1ccc(F)cc1. The first-order valence-electron chi connectivity index (χ1n) is 6.00. The van der Waals surface area contributed by atoms with Gasteiger partial charge < -0.3 is 5.32 Å². The molecule has 0 amide bonds. The molecule has 0 aromatic heterocycles. The van der Waals surface area contributed by atoms with Gasteiger partial charge in [-0.15, -0.1) is 0 Å². The summed E-state index contributed by atoms with van der Waals surface area (Å²) in [4.78, 5) is 0.151. The van der Waals surface area contributed by atoms with Gasteiger partial charge in [-0.2, -0.15) is 4.31 Å². The van der Waals surface area contributed by atoms with Crippen LogP contribution < -0.4 is 5.32 Å². The molecule has 4 nitrogen and oxygen atoms in total. The summed E-state index contributed by atoms with van der Waals surface area (Å²) in [6, 6.07) is 4.88. The maximum absolute atomic E-state index is 12.8. The van der Waals surface area contributed by atoms with Crippen molar-refractivity contribution in [2.75, 3.05) is 19.6 Å². The Hall–Kier alpha value is -0.980. The number of hydrogen-bond acceptors (Lipinski definition) is 3. The molecule has 1 aromatic rings. The van der Waals surface area contributed by atoms with Crippen LogP contribution in [0.1, 0.15) is 13.3 Å². The maximum Gasteiger partial charge on any atom is 0.243 e. The van der Waals surface area contributed by atoms with Gasteiger partial charge in [0, 0.05) is 19.1 Å². The average molecular weight is 272 g/mol. The molecule has 1 fully saturated rings. The van der Waals surface area contributed by atoms with E-state index in [9.17, 15) is 12.8 Å². The van der Waals surface area contributed by atoms with Crippen molar-refractivity contribution in [2.45, 2.75) is 24.3 Å². The summed E-state index contributed by atoms with van der Waals surface area (Å²) < 4.78 is 39.2.